The Balaban J connectivity index is 1.20. The number of aliphatic imine (C=N–C) groups is 1. The number of carbonyl (C=O) groups excluding carboxylic acids is 1. The van der Waals surface area contributed by atoms with Crippen LogP contribution in [0.4, 0.5) is 17.1 Å². The minimum absolute atomic E-state index is 0.0287. The predicted octanol–water partition coefficient (Wildman–Crippen LogP) is 5.97. The fraction of sp³-hybridized carbons (Fsp3) is 0.257. The summed E-state index contributed by atoms with van der Waals surface area (Å²) < 4.78 is 5.53. The predicted molar refractivity (Wildman–Crippen MR) is 175 cm³/mol. The number of aryl methyl sites for hydroxylation is 1. The lowest BCUT2D eigenvalue weighted by Gasteiger charge is -2.26. The third-order valence-electron chi connectivity index (χ3n) is 8.31. The van der Waals surface area contributed by atoms with Gasteiger partial charge in [-0.2, -0.15) is 0 Å². The van der Waals surface area contributed by atoms with Crippen molar-refractivity contribution < 1.29 is 14.3 Å². The molecule has 0 fully saturated rings. The maximum Gasteiger partial charge on any atom is 0.348 e. The molecule has 0 aliphatic heterocycles. The van der Waals surface area contributed by atoms with Crippen LogP contribution >= 0.6 is 0 Å². The van der Waals surface area contributed by atoms with Crippen molar-refractivity contribution in [3.8, 4) is 5.75 Å². The Hall–Kier alpha value is -5.02. The molecule has 0 atom stereocenters. The summed E-state index contributed by atoms with van der Waals surface area (Å²) in [7, 11) is 0. The van der Waals surface area contributed by atoms with Crippen LogP contribution in [0.25, 0.3) is 21.9 Å². The van der Waals surface area contributed by atoms with E-state index >= 15 is 0 Å². The number of fused-ring (bicyclic) bond motifs is 3. The van der Waals surface area contributed by atoms with Crippen molar-refractivity contribution >= 4 is 51.1 Å². The number of aromatic nitrogens is 1. The largest absolute Gasteiger partial charge is 0.506 e. The molecule has 5 aromatic rings. The van der Waals surface area contributed by atoms with Crippen LogP contribution in [0.15, 0.2) is 80.9 Å². The molecule has 0 spiro atoms. The van der Waals surface area contributed by atoms with Gasteiger partial charge in [-0.3, -0.25) is 14.8 Å². The van der Waals surface area contributed by atoms with Gasteiger partial charge in [0.25, 0.3) is 0 Å². The number of hydrogen-bond donors (Lipinski definition) is 2. The molecule has 1 amide bonds. The Morgan fingerprint density at radius 3 is 2.55 bits per heavy atom. The molecule has 0 saturated carbocycles. The summed E-state index contributed by atoms with van der Waals surface area (Å²) in [5.41, 5.74) is 5.51. The first-order valence-corrected chi connectivity index (χ1v) is 15.0. The summed E-state index contributed by atoms with van der Waals surface area (Å²) in [6.07, 6.45) is 5.26. The molecule has 9 heteroatoms. The van der Waals surface area contributed by atoms with Crippen LogP contribution in [0.1, 0.15) is 49.1 Å². The normalized spacial score (nSPS) is 13.0. The Bertz CT molecular complexity index is 1940. The van der Waals surface area contributed by atoms with E-state index in [1.54, 1.807) is 36.4 Å². The molecule has 1 aliphatic carbocycles. The molecule has 2 heterocycles. The second-order valence-electron chi connectivity index (χ2n) is 11.0. The molecule has 0 saturated heterocycles. The van der Waals surface area contributed by atoms with Crippen LogP contribution < -0.4 is 21.4 Å². The van der Waals surface area contributed by atoms with E-state index in [2.05, 4.69) is 9.89 Å². The summed E-state index contributed by atoms with van der Waals surface area (Å²) in [5.74, 6) is 6.08. The lowest BCUT2D eigenvalue weighted by atomic mass is 9.92. The number of carbonyl (C=O) groups is 1. The maximum atomic E-state index is 13.4. The molecule has 44 heavy (non-hydrogen) atoms. The van der Waals surface area contributed by atoms with Crippen molar-refractivity contribution in [1.82, 2.24) is 4.98 Å². The lowest BCUT2D eigenvalue weighted by Crippen LogP contribution is -2.40. The zero-order valence-corrected chi connectivity index (χ0v) is 24.9. The molecule has 0 unspecified atom stereocenters. The standard InChI is InChI=1S/C35H35N5O4/c1-3-39(4-2)24-17-18-27-31(20-24)44-35(43)28(34(27)42)21-37-23-15-13-22(14-16-23)19-32(41)40(36)33-25-9-5-7-11-29(25)38-30-12-8-6-10-26(30)33/h5,7,9,11,13-18,20-21,42H,3-4,6,8,10,12,19,36H2,1-2H3. The lowest BCUT2D eigenvalue weighted by molar-refractivity contribution is -0.118. The molecule has 1 aliphatic rings. The first-order valence-electron chi connectivity index (χ1n) is 15.0. The van der Waals surface area contributed by atoms with Crippen LogP contribution in [-0.2, 0) is 24.1 Å². The molecule has 2 aromatic heterocycles. The smallest absolute Gasteiger partial charge is 0.348 e. The highest BCUT2D eigenvalue weighted by atomic mass is 16.4. The second-order valence-corrected chi connectivity index (χ2v) is 11.0. The van der Waals surface area contributed by atoms with Gasteiger partial charge in [0.05, 0.1) is 28.7 Å². The SMILES string of the molecule is CCN(CC)c1ccc2c(O)c(C=Nc3ccc(CC(=O)N(N)c4c5c(nc6ccccc46)CCCC5)cc3)c(=O)oc2c1. The number of benzene rings is 3. The molecule has 0 bridgehead atoms. The topological polar surface area (TPSA) is 125 Å². The van der Waals surface area contributed by atoms with E-state index in [1.165, 1.54) is 11.2 Å². The fourth-order valence-electron chi connectivity index (χ4n) is 5.93. The van der Waals surface area contributed by atoms with E-state index in [9.17, 15) is 14.7 Å². The van der Waals surface area contributed by atoms with E-state index < -0.39 is 5.63 Å². The number of nitrogens with zero attached hydrogens (tertiary/aromatic N) is 4. The number of amides is 1. The Kier molecular flexibility index (Phi) is 8.13. The molecule has 3 N–H and O–H groups in total. The van der Waals surface area contributed by atoms with E-state index in [0.717, 1.165) is 77.9 Å². The Morgan fingerprint density at radius 1 is 1.02 bits per heavy atom. The molecule has 224 valence electrons. The first-order chi connectivity index (χ1) is 21.4. The van der Waals surface area contributed by atoms with E-state index in [-0.39, 0.29) is 23.6 Å². The third kappa shape index (κ3) is 5.54. The quantitative estimate of drug-likeness (QED) is 0.0751. The number of pyridine rings is 1. The highest BCUT2D eigenvalue weighted by Crippen LogP contribution is 2.35. The minimum Gasteiger partial charge on any atom is -0.506 e. The number of aromatic hydroxyl groups is 1. The number of hydrazine groups is 1. The summed E-state index contributed by atoms with van der Waals surface area (Å²) in [6, 6.07) is 20.3. The summed E-state index contributed by atoms with van der Waals surface area (Å²) in [5, 5.41) is 13.5. The molecule has 0 radical (unpaired) electrons. The molecular formula is C35H35N5O4. The van der Waals surface area contributed by atoms with Gasteiger partial charge in [-0.15, -0.1) is 0 Å². The van der Waals surface area contributed by atoms with E-state index in [0.29, 0.717) is 16.7 Å². The van der Waals surface area contributed by atoms with Gasteiger partial charge < -0.3 is 14.4 Å². The summed E-state index contributed by atoms with van der Waals surface area (Å²) in [4.78, 5) is 37.5. The number of para-hydroxylation sites is 1. The van der Waals surface area contributed by atoms with Crippen LogP contribution in [0.5, 0.6) is 5.75 Å². The fourth-order valence-corrected chi connectivity index (χ4v) is 5.93. The molecule has 9 nitrogen and oxygen atoms in total. The van der Waals surface area contributed by atoms with Crippen molar-refractivity contribution in [2.24, 2.45) is 10.8 Å². The average molecular weight is 590 g/mol. The van der Waals surface area contributed by atoms with Gasteiger partial charge in [0.15, 0.2) is 0 Å². The van der Waals surface area contributed by atoms with Crippen LogP contribution in [0, 0.1) is 0 Å². The number of anilines is 2. The van der Waals surface area contributed by atoms with Crippen molar-refractivity contribution in [2.45, 2.75) is 46.0 Å². The molecule has 6 rings (SSSR count). The average Bonchev–Trinajstić information content (AvgIpc) is 3.04. The van der Waals surface area contributed by atoms with Gasteiger partial charge in [0.1, 0.15) is 16.9 Å². The van der Waals surface area contributed by atoms with Gasteiger partial charge in [0.2, 0.25) is 5.91 Å². The maximum absolute atomic E-state index is 13.4. The van der Waals surface area contributed by atoms with Gasteiger partial charge >= 0.3 is 5.63 Å². The number of hydrogen-bond acceptors (Lipinski definition) is 8. The Labute approximate surface area is 255 Å². The monoisotopic (exact) mass is 589 g/mol. The van der Waals surface area contributed by atoms with Crippen molar-refractivity contribution in [3.05, 3.63) is 99.5 Å². The highest BCUT2D eigenvalue weighted by molar-refractivity contribution is 6.04. The van der Waals surface area contributed by atoms with Gasteiger partial charge in [-0.1, -0.05) is 30.3 Å². The first kappa shape index (κ1) is 29.1. The van der Waals surface area contributed by atoms with Gasteiger partial charge in [0, 0.05) is 42.1 Å². The zero-order valence-electron chi connectivity index (χ0n) is 24.9. The zero-order chi connectivity index (χ0) is 30.8. The second kappa shape index (κ2) is 12.3. The van der Waals surface area contributed by atoms with Crippen molar-refractivity contribution in [1.29, 1.82) is 0 Å². The van der Waals surface area contributed by atoms with Gasteiger partial charge in [-0.25, -0.2) is 15.6 Å². The number of nitrogens with two attached hydrogens (primary N) is 1. The van der Waals surface area contributed by atoms with Gasteiger partial charge in [-0.05, 0) is 81.0 Å². The summed E-state index contributed by atoms with van der Waals surface area (Å²) in [6.45, 7) is 5.72. The Morgan fingerprint density at radius 2 is 1.77 bits per heavy atom. The summed E-state index contributed by atoms with van der Waals surface area (Å²) >= 11 is 0. The van der Waals surface area contributed by atoms with Crippen LogP contribution in [0.2, 0.25) is 0 Å². The van der Waals surface area contributed by atoms with Crippen LogP contribution in [0.3, 0.4) is 0 Å². The molecular weight excluding hydrogens is 554 g/mol. The van der Waals surface area contributed by atoms with Crippen LogP contribution in [-0.4, -0.2) is 35.3 Å². The third-order valence-corrected chi connectivity index (χ3v) is 8.31. The minimum atomic E-state index is -0.675. The molecule has 3 aromatic carbocycles. The van der Waals surface area contributed by atoms with E-state index in [4.69, 9.17) is 15.2 Å². The highest BCUT2D eigenvalue weighted by Gasteiger charge is 2.24. The van der Waals surface area contributed by atoms with Crippen molar-refractivity contribution in [3.63, 3.8) is 0 Å². The number of rotatable bonds is 8. The van der Waals surface area contributed by atoms with E-state index in [1.807, 2.05) is 44.2 Å². The van der Waals surface area contributed by atoms with Crippen molar-refractivity contribution in [2.75, 3.05) is 23.0 Å².